The van der Waals surface area contributed by atoms with Gasteiger partial charge in [-0.2, -0.15) is 0 Å². The highest BCUT2D eigenvalue weighted by molar-refractivity contribution is 5.90. The van der Waals surface area contributed by atoms with Crippen molar-refractivity contribution in [2.45, 2.75) is 20.5 Å². The van der Waals surface area contributed by atoms with E-state index in [9.17, 15) is 4.79 Å². The summed E-state index contributed by atoms with van der Waals surface area (Å²) in [7, 11) is 0. The van der Waals surface area contributed by atoms with Gasteiger partial charge in [0.25, 0.3) is 0 Å². The molecular formula is C46H37NO2. The third-order valence-electron chi connectivity index (χ3n) is 8.84. The number of fused-ring (bicyclic) bond motifs is 1. The first-order valence-corrected chi connectivity index (χ1v) is 16.5. The summed E-state index contributed by atoms with van der Waals surface area (Å²) in [6.45, 7) is 4.57. The van der Waals surface area contributed by atoms with Crippen LogP contribution in [0.1, 0.15) is 32.6 Å². The van der Waals surface area contributed by atoms with Crippen LogP contribution in [0.25, 0.3) is 39.1 Å². The molecule has 0 amide bonds. The summed E-state index contributed by atoms with van der Waals surface area (Å²) in [4.78, 5) is 14.0. The van der Waals surface area contributed by atoms with Crippen LogP contribution in [0.5, 0.6) is 0 Å². The Labute approximate surface area is 288 Å². The van der Waals surface area contributed by atoms with Crippen LogP contribution in [-0.2, 0) is 11.3 Å². The number of aldehydes is 1. The summed E-state index contributed by atoms with van der Waals surface area (Å²) in [5.41, 5.74) is 13.0. The lowest BCUT2D eigenvalue weighted by Crippen LogP contribution is -2.09. The Morgan fingerprint density at radius 2 is 1.04 bits per heavy atom. The summed E-state index contributed by atoms with van der Waals surface area (Å²) in [6, 6.07) is 55.2. The van der Waals surface area contributed by atoms with Gasteiger partial charge in [0.2, 0.25) is 0 Å². The number of benzene rings is 7. The van der Waals surface area contributed by atoms with Crippen molar-refractivity contribution < 1.29 is 9.53 Å². The maximum atomic E-state index is 11.7. The minimum atomic E-state index is 0.318. The third kappa shape index (κ3) is 7.22. The molecule has 0 aliphatic heterocycles. The van der Waals surface area contributed by atoms with Crippen molar-refractivity contribution in [2.75, 3.05) is 4.90 Å². The topological polar surface area (TPSA) is 29.5 Å². The van der Waals surface area contributed by atoms with Crippen LogP contribution < -0.4 is 4.90 Å². The lowest BCUT2D eigenvalue weighted by atomic mass is 10.0. The molecule has 7 rings (SSSR count). The van der Waals surface area contributed by atoms with Crippen LogP contribution >= 0.6 is 0 Å². The molecule has 0 bridgehead atoms. The van der Waals surface area contributed by atoms with E-state index < -0.39 is 0 Å². The summed E-state index contributed by atoms with van der Waals surface area (Å²) >= 11 is 0. The average Bonchev–Trinajstić information content (AvgIpc) is 3.14. The molecule has 0 radical (unpaired) electrons. The maximum Gasteiger partial charge on any atom is 0.150 e. The summed E-state index contributed by atoms with van der Waals surface area (Å²) in [5, 5.41) is 2.13. The number of hydrogen-bond donors (Lipinski definition) is 0. The number of ether oxygens (including phenoxy) is 1. The fourth-order valence-corrected chi connectivity index (χ4v) is 6.24. The van der Waals surface area contributed by atoms with E-state index in [2.05, 4.69) is 140 Å². The lowest BCUT2D eigenvalue weighted by molar-refractivity contribution is 0.112. The highest BCUT2D eigenvalue weighted by Gasteiger charge is 2.14. The Hall–Kier alpha value is -6.19. The molecule has 7 aromatic carbocycles. The van der Waals surface area contributed by atoms with Crippen LogP contribution in [0, 0.1) is 13.8 Å². The first-order valence-electron chi connectivity index (χ1n) is 16.5. The number of nitrogens with zero attached hydrogens (tertiary/aromatic N) is 1. The van der Waals surface area contributed by atoms with E-state index in [1.807, 2.05) is 42.5 Å². The first kappa shape index (κ1) is 31.4. The van der Waals surface area contributed by atoms with Crippen molar-refractivity contribution in [1.82, 2.24) is 0 Å². The number of hydrogen-bond acceptors (Lipinski definition) is 3. The average molecular weight is 636 g/mol. The minimum Gasteiger partial charge on any atom is -0.496 e. The molecule has 0 aromatic heterocycles. The van der Waals surface area contributed by atoms with E-state index in [0.29, 0.717) is 12.2 Å². The normalized spacial score (nSPS) is 11.1. The molecular weight excluding hydrogens is 599 g/mol. The zero-order valence-electron chi connectivity index (χ0n) is 27.7. The lowest BCUT2D eigenvalue weighted by Gasteiger charge is -2.26. The second kappa shape index (κ2) is 14.3. The molecule has 0 unspecified atom stereocenters. The van der Waals surface area contributed by atoms with Gasteiger partial charge in [0.15, 0.2) is 0 Å². The fourth-order valence-electron chi connectivity index (χ4n) is 6.24. The van der Waals surface area contributed by atoms with Gasteiger partial charge in [-0.1, -0.05) is 120 Å². The molecule has 3 nitrogen and oxygen atoms in total. The number of carbonyl (C=O) groups excluding carboxylic acids is 1. The number of anilines is 3. The van der Waals surface area contributed by atoms with Crippen LogP contribution in [0.2, 0.25) is 0 Å². The Bertz CT molecular complexity index is 2160. The first-order chi connectivity index (χ1) is 24.0. The number of carbonyl (C=O) groups is 1. The summed E-state index contributed by atoms with van der Waals surface area (Å²) in [5.74, 6) is 0. The molecule has 0 saturated carbocycles. The van der Waals surface area contributed by atoms with E-state index in [-0.39, 0.29) is 0 Å². The molecule has 7 aromatic rings. The van der Waals surface area contributed by atoms with Gasteiger partial charge in [-0.3, -0.25) is 4.79 Å². The zero-order valence-corrected chi connectivity index (χ0v) is 27.7. The molecule has 0 heterocycles. The van der Waals surface area contributed by atoms with E-state index in [0.717, 1.165) is 45.2 Å². The summed E-state index contributed by atoms with van der Waals surface area (Å²) in [6.07, 6.45) is 4.54. The van der Waals surface area contributed by atoms with Crippen LogP contribution in [0.15, 0.2) is 164 Å². The number of rotatable bonds is 10. The molecule has 0 aliphatic carbocycles. The minimum absolute atomic E-state index is 0.318. The van der Waals surface area contributed by atoms with E-state index in [4.69, 9.17) is 4.74 Å². The number of aryl methyl sites for hydroxylation is 2. The van der Waals surface area contributed by atoms with Crippen molar-refractivity contribution >= 4 is 40.2 Å². The van der Waals surface area contributed by atoms with Gasteiger partial charge < -0.3 is 9.64 Å². The molecule has 49 heavy (non-hydrogen) atoms. The second-order valence-electron chi connectivity index (χ2n) is 12.4. The fraction of sp³-hybridized carbons (Fsp3) is 0.0652. The Morgan fingerprint density at radius 1 is 0.531 bits per heavy atom. The van der Waals surface area contributed by atoms with Gasteiger partial charge in [0.1, 0.15) is 12.9 Å². The predicted octanol–water partition coefficient (Wildman–Crippen LogP) is 12.3. The van der Waals surface area contributed by atoms with Crippen LogP contribution in [0.3, 0.4) is 0 Å². The Balaban J connectivity index is 1.13. The molecule has 0 aliphatic rings. The van der Waals surface area contributed by atoms with Gasteiger partial charge >= 0.3 is 0 Å². The van der Waals surface area contributed by atoms with Gasteiger partial charge in [-0.05, 0) is 107 Å². The molecule has 0 fully saturated rings. The predicted molar refractivity (Wildman–Crippen MR) is 205 cm³/mol. The Kier molecular flexibility index (Phi) is 9.16. The zero-order chi connectivity index (χ0) is 33.6. The standard InChI is InChI=1S/C46H37NO2/c1-33-7-5-11-38(27-33)36-15-21-45(22-16-36)47(46-23-17-37(18-24-46)39-12-6-8-34(2)28-39)44-19-13-35(14-20-44)25-26-49-32-43-30-41-10-4-3-9-40(41)29-42(43)31-48/h3-31H,32H2,1-2H3/b26-25-. The van der Waals surface area contributed by atoms with E-state index in [1.54, 1.807) is 6.26 Å². The van der Waals surface area contributed by atoms with Crippen LogP contribution in [-0.4, -0.2) is 6.29 Å². The second-order valence-corrected chi connectivity index (χ2v) is 12.4. The molecule has 0 saturated heterocycles. The van der Waals surface area contributed by atoms with Crippen molar-refractivity contribution in [3.63, 3.8) is 0 Å². The molecule has 0 N–H and O–H groups in total. The van der Waals surface area contributed by atoms with Crippen molar-refractivity contribution in [2.24, 2.45) is 0 Å². The van der Waals surface area contributed by atoms with Gasteiger partial charge in [0.05, 0.1) is 6.26 Å². The largest absolute Gasteiger partial charge is 0.496 e. The van der Waals surface area contributed by atoms with Crippen molar-refractivity contribution in [1.29, 1.82) is 0 Å². The van der Waals surface area contributed by atoms with E-state index in [1.165, 1.54) is 33.4 Å². The monoisotopic (exact) mass is 635 g/mol. The third-order valence-corrected chi connectivity index (χ3v) is 8.84. The smallest absolute Gasteiger partial charge is 0.150 e. The highest BCUT2D eigenvalue weighted by Crippen LogP contribution is 2.37. The molecule has 238 valence electrons. The summed E-state index contributed by atoms with van der Waals surface area (Å²) < 4.78 is 5.89. The molecule has 3 heteroatoms. The van der Waals surface area contributed by atoms with Crippen molar-refractivity contribution in [3.05, 3.63) is 192 Å². The maximum absolute atomic E-state index is 11.7. The quantitative estimate of drug-likeness (QED) is 0.111. The van der Waals surface area contributed by atoms with Gasteiger partial charge in [-0.25, -0.2) is 0 Å². The van der Waals surface area contributed by atoms with Gasteiger partial charge in [-0.15, -0.1) is 0 Å². The van der Waals surface area contributed by atoms with Crippen LogP contribution in [0.4, 0.5) is 17.1 Å². The van der Waals surface area contributed by atoms with E-state index >= 15 is 0 Å². The van der Waals surface area contributed by atoms with Crippen molar-refractivity contribution in [3.8, 4) is 22.3 Å². The Morgan fingerprint density at radius 3 is 1.55 bits per heavy atom. The highest BCUT2D eigenvalue weighted by atomic mass is 16.5. The molecule has 0 atom stereocenters. The SMILES string of the molecule is Cc1cccc(-c2ccc(N(c3ccc(/C=C\OCc4cc5ccccc5cc4C=O)cc3)c3ccc(-c4cccc(C)c4)cc3)cc2)c1. The molecule has 0 spiro atoms. The van der Waals surface area contributed by atoms with Gasteiger partial charge in [0, 0.05) is 28.2 Å².